The monoisotopic (exact) mass is 250 g/mol. The van der Waals surface area contributed by atoms with E-state index in [4.69, 9.17) is 0 Å². The van der Waals surface area contributed by atoms with E-state index in [2.05, 4.69) is 52.7 Å². The van der Waals surface area contributed by atoms with Crippen LogP contribution in [0.4, 0.5) is 5.82 Å². The lowest BCUT2D eigenvalue weighted by Crippen LogP contribution is -2.21. The maximum Gasteiger partial charge on any atom is 0.138 e. The van der Waals surface area contributed by atoms with E-state index in [9.17, 15) is 0 Å². The zero-order valence-electron chi connectivity index (χ0n) is 10.5. The summed E-state index contributed by atoms with van der Waals surface area (Å²) in [5, 5.41) is 6.59. The Hall–Kier alpha value is -1.20. The molecule has 0 amide bonds. The molecule has 0 radical (unpaired) electrons. The van der Waals surface area contributed by atoms with Crippen molar-refractivity contribution in [2.75, 3.05) is 32.5 Å². The highest BCUT2D eigenvalue weighted by molar-refractivity contribution is 7.16. The normalized spacial score (nSPS) is 11.3. The predicted octanol–water partition coefficient (Wildman–Crippen LogP) is 2.23. The Morgan fingerprint density at radius 1 is 1.35 bits per heavy atom. The Kier molecular flexibility index (Phi) is 3.91. The van der Waals surface area contributed by atoms with Crippen LogP contribution in [0, 0.1) is 0 Å². The summed E-state index contributed by atoms with van der Waals surface area (Å²) in [5.41, 5.74) is 0. The summed E-state index contributed by atoms with van der Waals surface area (Å²) in [5.74, 6) is 1.88. The summed E-state index contributed by atoms with van der Waals surface area (Å²) >= 11 is 1.67. The minimum absolute atomic E-state index is 0.871. The molecule has 2 heterocycles. The van der Waals surface area contributed by atoms with Crippen LogP contribution in [0.25, 0.3) is 10.2 Å². The Morgan fingerprint density at radius 3 is 2.88 bits per heavy atom. The molecule has 0 saturated heterocycles. The van der Waals surface area contributed by atoms with Crippen LogP contribution in [0.2, 0.25) is 0 Å². The molecule has 0 aromatic carbocycles. The van der Waals surface area contributed by atoms with E-state index in [0.29, 0.717) is 0 Å². The van der Waals surface area contributed by atoms with Crippen LogP contribution in [-0.2, 0) is 6.42 Å². The molecule has 92 valence electrons. The van der Waals surface area contributed by atoms with Gasteiger partial charge in [0.15, 0.2) is 0 Å². The van der Waals surface area contributed by atoms with Gasteiger partial charge in [0, 0.05) is 19.5 Å². The van der Waals surface area contributed by atoms with Crippen molar-refractivity contribution >= 4 is 27.4 Å². The standard InChI is InChI=1S/C12H18N4S/c1-4-10-14-11(13-6-7-16(2)3)9-5-8-17-12(9)15-10/h5,8H,4,6-7H2,1-3H3,(H,13,14,15). The number of thiophene rings is 1. The molecular weight excluding hydrogens is 232 g/mol. The van der Waals surface area contributed by atoms with Gasteiger partial charge in [-0.3, -0.25) is 0 Å². The van der Waals surface area contributed by atoms with Gasteiger partial charge in [-0.15, -0.1) is 11.3 Å². The zero-order valence-corrected chi connectivity index (χ0v) is 11.3. The SMILES string of the molecule is CCc1nc(NCCN(C)C)c2ccsc2n1. The second-order valence-corrected chi connectivity index (χ2v) is 5.11. The van der Waals surface area contributed by atoms with Crippen LogP contribution in [0.1, 0.15) is 12.7 Å². The van der Waals surface area contributed by atoms with E-state index in [1.807, 2.05) is 0 Å². The summed E-state index contributed by atoms with van der Waals surface area (Å²) in [4.78, 5) is 12.3. The van der Waals surface area contributed by atoms with Crippen LogP contribution in [-0.4, -0.2) is 42.1 Å². The molecule has 0 bridgehead atoms. The minimum Gasteiger partial charge on any atom is -0.368 e. The fourth-order valence-corrected chi connectivity index (χ4v) is 2.37. The van der Waals surface area contributed by atoms with Gasteiger partial charge in [-0.05, 0) is 25.5 Å². The molecule has 0 unspecified atom stereocenters. The Morgan fingerprint density at radius 2 is 2.18 bits per heavy atom. The van der Waals surface area contributed by atoms with Crippen molar-refractivity contribution in [3.63, 3.8) is 0 Å². The third-order valence-electron chi connectivity index (χ3n) is 2.54. The van der Waals surface area contributed by atoms with Gasteiger partial charge >= 0.3 is 0 Å². The van der Waals surface area contributed by atoms with Crippen molar-refractivity contribution in [3.05, 3.63) is 17.3 Å². The van der Waals surface area contributed by atoms with E-state index in [1.54, 1.807) is 11.3 Å². The number of nitrogens with zero attached hydrogens (tertiary/aromatic N) is 3. The lowest BCUT2D eigenvalue weighted by Gasteiger charge is -2.12. The molecule has 0 aliphatic rings. The maximum atomic E-state index is 4.55. The molecule has 0 aliphatic carbocycles. The molecular formula is C12H18N4S. The highest BCUT2D eigenvalue weighted by Gasteiger charge is 2.07. The van der Waals surface area contributed by atoms with Gasteiger partial charge < -0.3 is 10.2 Å². The molecule has 1 N–H and O–H groups in total. The average Bonchev–Trinajstić information content (AvgIpc) is 2.76. The molecule has 2 aromatic heterocycles. The van der Waals surface area contributed by atoms with Crippen LogP contribution in [0.15, 0.2) is 11.4 Å². The number of aromatic nitrogens is 2. The Labute approximate surface area is 106 Å². The minimum atomic E-state index is 0.871. The lowest BCUT2D eigenvalue weighted by molar-refractivity contribution is 0.425. The number of aryl methyl sites for hydroxylation is 1. The van der Waals surface area contributed by atoms with Gasteiger partial charge in [0.1, 0.15) is 16.5 Å². The van der Waals surface area contributed by atoms with Gasteiger partial charge in [0.2, 0.25) is 0 Å². The Balaban J connectivity index is 2.21. The van der Waals surface area contributed by atoms with E-state index in [-0.39, 0.29) is 0 Å². The maximum absolute atomic E-state index is 4.55. The number of hydrogen-bond acceptors (Lipinski definition) is 5. The molecule has 2 rings (SSSR count). The van der Waals surface area contributed by atoms with Gasteiger partial charge in [-0.1, -0.05) is 6.92 Å². The quantitative estimate of drug-likeness (QED) is 0.883. The first kappa shape index (κ1) is 12.3. The summed E-state index contributed by atoms with van der Waals surface area (Å²) in [6.45, 7) is 3.98. The smallest absolute Gasteiger partial charge is 0.138 e. The fourth-order valence-electron chi connectivity index (χ4n) is 1.59. The van der Waals surface area contributed by atoms with Gasteiger partial charge in [0.05, 0.1) is 5.39 Å². The predicted molar refractivity (Wildman–Crippen MR) is 73.8 cm³/mol. The third kappa shape index (κ3) is 2.92. The summed E-state index contributed by atoms with van der Waals surface area (Å²) in [7, 11) is 4.14. The van der Waals surface area contributed by atoms with Gasteiger partial charge in [-0.25, -0.2) is 9.97 Å². The number of anilines is 1. The first-order valence-corrected chi connectivity index (χ1v) is 6.71. The molecule has 0 saturated carbocycles. The molecule has 0 fully saturated rings. The molecule has 0 spiro atoms. The number of fused-ring (bicyclic) bond motifs is 1. The largest absolute Gasteiger partial charge is 0.368 e. The van der Waals surface area contributed by atoms with E-state index < -0.39 is 0 Å². The van der Waals surface area contributed by atoms with Crippen molar-refractivity contribution in [1.82, 2.24) is 14.9 Å². The van der Waals surface area contributed by atoms with Gasteiger partial charge in [-0.2, -0.15) is 0 Å². The molecule has 17 heavy (non-hydrogen) atoms. The topological polar surface area (TPSA) is 41.1 Å². The molecule has 0 atom stereocenters. The average molecular weight is 250 g/mol. The van der Waals surface area contributed by atoms with Crippen molar-refractivity contribution < 1.29 is 0 Å². The Bertz CT molecular complexity index is 492. The highest BCUT2D eigenvalue weighted by Crippen LogP contribution is 2.24. The number of hydrogen-bond donors (Lipinski definition) is 1. The summed E-state index contributed by atoms with van der Waals surface area (Å²) in [6.07, 6.45) is 0.871. The summed E-state index contributed by atoms with van der Waals surface area (Å²) < 4.78 is 0. The number of nitrogens with one attached hydrogen (secondary N) is 1. The lowest BCUT2D eigenvalue weighted by atomic mass is 10.3. The van der Waals surface area contributed by atoms with E-state index in [1.165, 1.54) is 0 Å². The van der Waals surface area contributed by atoms with Crippen molar-refractivity contribution in [2.45, 2.75) is 13.3 Å². The molecule has 5 heteroatoms. The molecule has 2 aromatic rings. The molecule has 4 nitrogen and oxygen atoms in total. The van der Waals surface area contributed by atoms with E-state index >= 15 is 0 Å². The second kappa shape index (κ2) is 5.42. The fraction of sp³-hybridized carbons (Fsp3) is 0.500. The van der Waals surface area contributed by atoms with Crippen LogP contribution in [0.3, 0.4) is 0 Å². The van der Waals surface area contributed by atoms with Crippen LogP contribution in [0.5, 0.6) is 0 Å². The number of rotatable bonds is 5. The van der Waals surface area contributed by atoms with Crippen molar-refractivity contribution in [1.29, 1.82) is 0 Å². The second-order valence-electron chi connectivity index (χ2n) is 4.21. The van der Waals surface area contributed by atoms with Crippen molar-refractivity contribution in [3.8, 4) is 0 Å². The van der Waals surface area contributed by atoms with E-state index in [0.717, 1.165) is 41.4 Å². The summed E-state index contributed by atoms with van der Waals surface area (Å²) in [6, 6.07) is 2.08. The van der Waals surface area contributed by atoms with Gasteiger partial charge in [0.25, 0.3) is 0 Å². The molecule has 0 aliphatic heterocycles. The zero-order chi connectivity index (χ0) is 12.3. The number of likely N-dealkylation sites (N-methyl/N-ethyl adjacent to an activating group) is 1. The third-order valence-corrected chi connectivity index (χ3v) is 3.35. The van der Waals surface area contributed by atoms with Crippen LogP contribution < -0.4 is 5.32 Å². The van der Waals surface area contributed by atoms with Crippen LogP contribution >= 0.6 is 11.3 Å². The first-order valence-electron chi connectivity index (χ1n) is 5.83. The highest BCUT2D eigenvalue weighted by atomic mass is 32.1. The van der Waals surface area contributed by atoms with Crippen molar-refractivity contribution in [2.24, 2.45) is 0 Å². The first-order chi connectivity index (χ1) is 8.20.